The fourth-order valence-corrected chi connectivity index (χ4v) is 3.12. The van der Waals surface area contributed by atoms with E-state index < -0.39 is 11.7 Å². The Morgan fingerprint density at radius 1 is 1.23 bits per heavy atom. The number of carbonyl (C=O) groups excluding carboxylic acids is 2. The first kappa shape index (κ1) is 20.6. The van der Waals surface area contributed by atoms with Crippen molar-refractivity contribution in [2.24, 2.45) is 0 Å². The molecule has 1 heterocycles. The largest absolute Gasteiger partial charge is 0.444 e. The van der Waals surface area contributed by atoms with E-state index >= 15 is 0 Å². The highest BCUT2D eigenvalue weighted by Gasteiger charge is 2.25. The number of halogens is 2. The van der Waals surface area contributed by atoms with E-state index in [9.17, 15) is 9.59 Å². The van der Waals surface area contributed by atoms with Gasteiger partial charge in [-0.1, -0.05) is 29.3 Å². The molecule has 0 saturated carbocycles. The summed E-state index contributed by atoms with van der Waals surface area (Å²) in [7, 11) is 0. The minimum absolute atomic E-state index is 0.0135. The fourth-order valence-electron chi connectivity index (χ4n) is 2.65. The maximum Gasteiger partial charge on any atom is 0.407 e. The Balaban J connectivity index is 1.75. The molecule has 0 unspecified atom stereocenters. The molecule has 0 spiro atoms. The topological polar surface area (TPSA) is 70.7 Å². The number of likely N-dealkylation sites (tertiary alicyclic amines) is 1. The van der Waals surface area contributed by atoms with Crippen LogP contribution in [0.3, 0.4) is 0 Å². The number of amides is 3. The van der Waals surface area contributed by atoms with Gasteiger partial charge in [0, 0.05) is 35.7 Å². The zero-order valence-electron chi connectivity index (χ0n) is 15.3. The summed E-state index contributed by atoms with van der Waals surface area (Å²) in [6.45, 7) is 6.96. The molecule has 0 aliphatic carbocycles. The van der Waals surface area contributed by atoms with Gasteiger partial charge in [-0.2, -0.15) is 0 Å². The van der Waals surface area contributed by atoms with E-state index in [2.05, 4.69) is 10.6 Å². The Morgan fingerprint density at radius 2 is 1.88 bits per heavy atom. The summed E-state index contributed by atoms with van der Waals surface area (Å²) in [5.74, 6) is 0. The molecule has 1 aliphatic rings. The number of hydrogen-bond donors (Lipinski definition) is 2. The Hall–Kier alpha value is -1.66. The third-order valence-corrected chi connectivity index (χ3v) is 4.54. The number of nitrogens with zero attached hydrogens (tertiary/aromatic N) is 1. The number of rotatable bonds is 3. The van der Waals surface area contributed by atoms with Crippen LogP contribution < -0.4 is 10.6 Å². The summed E-state index contributed by atoms with van der Waals surface area (Å²) in [5, 5.41) is 6.80. The van der Waals surface area contributed by atoms with Gasteiger partial charge >= 0.3 is 12.1 Å². The number of urea groups is 1. The van der Waals surface area contributed by atoms with Crippen molar-refractivity contribution in [3.05, 3.63) is 33.8 Å². The Morgan fingerprint density at radius 3 is 2.46 bits per heavy atom. The molecule has 1 fully saturated rings. The van der Waals surface area contributed by atoms with E-state index in [1.165, 1.54) is 0 Å². The molecule has 0 radical (unpaired) electrons. The molecular formula is C18H25Cl2N3O3. The molecular weight excluding hydrogens is 377 g/mol. The first-order valence-electron chi connectivity index (χ1n) is 8.60. The van der Waals surface area contributed by atoms with E-state index in [-0.39, 0.29) is 12.1 Å². The molecule has 1 aromatic rings. The number of benzene rings is 1. The molecule has 26 heavy (non-hydrogen) atoms. The summed E-state index contributed by atoms with van der Waals surface area (Å²) in [6.07, 6.45) is 0.959. The fraction of sp³-hybridized carbons (Fsp3) is 0.556. The molecule has 2 rings (SSSR count). The minimum Gasteiger partial charge on any atom is -0.444 e. The molecule has 0 bridgehead atoms. The molecule has 144 valence electrons. The lowest BCUT2D eigenvalue weighted by Crippen LogP contribution is -2.50. The van der Waals surface area contributed by atoms with Crippen molar-refractivity contribution in [1.29, 1.82) is 0 Å². The average Bonchev–Trinajstić information content (AvgIpc) is 2.52. The number of alkyl carbamates (subject to hydrolysis) is 1. The predicted octanol–water partition coefficient (Wildman–Crippen LogP) is 4.19. The van der Waals surface area contributed by atoms with Gasteiger partial charge in [-0.25, -0.2) is 9.59 Å². The van der Waals surface area contributed by atoms with Gasteiger partial charge in [0.2, 0.25) is 0 Å². The van der Waals surface area contributed by atoms with Crippen LogP contribution in [0.1, 0.15) is 39.2 Å². The molecule has 0 atom stereocenters. The normalized spacial score (nSPS) is 15.5. The van der Waals surface area contributed by atoms with Crippen molar-refractivity contribution in [2.45, 2.75) is 51.8 Å². The van der Waals surface area contributed by atoms with Crippen molar-refractivity contribution in [2.75, 3.05) is 13.1 Å². The summed E-state index contributed by atoms with van der Waals surface area (Å²) in [6, 6.07) is 5.05. The van der Waals surface area contributed by atoms with Crippen LogP contribution in [0.25, 0.3) is 0 Å². The van der Waals surface area contributed by atoms with Crippen molar-refractivity contribution >= 4 is 35.3 Å². The number of hydrogen-bond acceptors (Lipinski definition) is 3. The Kier molecular flexibility index (Phi) is 7.01. The highest BCUT2D eigenvalue weighted by molar-refractivity contribution is 6.35. The van der Waals surface area contributed by atoms with Crippen molar-refractivity contribution in [1.82, 2.24) is 15.5 Å². The Bertz CT molecular complexity index is 654. The lowest BCUT2D eigenvalue weighted by Gasteiger charge is -2.32. The maximum atomic E-state index is 12.3. The van der Waals surface area contributed by atoms with Crippen molar-refractivity contribution < 1.29 is 14.3 Å². The Labute approximate surface area is 164 Å². The van der Waals surface area contributed by atoms with E-state index in [0.29, 0.717) is 42.5 Å². The zero-order valence-corrected chi connectivity index (χ0v) is 16.8. The van der Waals surface area contributed by atoms with Crippen LogP contribution in [0, 0.1) is 0 Å². The van der Waals surface area contributed by atoms with Crippen LogP contribution in [0.15, 0.2) is 18.2 Å². The molecule has 1 saturated heterocycles. The molecule has 6 nitrogen and oxygen atoms in total. The number of piperidine rings is 1. The van der Waals surface area contributed by atoms with Gasteiger partial charge in [0.25, 0.3) is 0 Å². The summed E-state index contributed by atoms with van der Waals surface area (Å²) >= 11 is 12.0. The SMILES string of the molecule is CC(C)(C)OC(=O)NC1CCN(C(=O)NCc2ccc(Cl)cc2Cl)CC1. The van der Waals surface area contributed by atoms with E-state index in [4.69, 9.17) is 27.9 Å². The van der Waals surface area contributed by atoms with Gasteiger partial charge in [-0.05, 0) is 51.3 Å². The smallest absolute Gasteiger partial charge is 0.407 e. The highest BCUT2D eigenvalue weighted by Crippen LogP contribution is 2.21. The monoisotopic (exact) mass is 401 g/mol. The lowest BCUT2D eigenvalue weighted by molar-refractivity contribution is 0.0485. The van der Waals surface area contributed by atoms with Crippen LogP contribution in [-0.2, 0) is 11.3 Å². The maximum absolute atomic E-state index is 12.3. The summed E-state index contributed by atoms with van der Waals surface area (Å²) in [5.41, 5.74) is 0.291. The third kappa shape index (κ3) is 6.57. The van der Waals surface area contributed by atoms with Gasteiger partial charge < -0.3 is 20.3 Å². The van der Waals surface area contributed by atoms with Gasteiger partial charge in [-0.3, -0.25) is 0 Å². The van der Waals surface area contributed by atoms with Gasteiger partial charge in [0.15, 0.2) is 0 Å². The lowest BCUT2D eigenvalue weighted by atomic mass is 10.1. The van der Waals surface area contributed by atoms with Crippen LogP contribution >= 0.6 is 23.2 Å². The van der Waals surface area contributed by atoms with Crippen molar-refractivity contribution in [3.8, 4) is 0 Å². The summed E-state index contributed by atoms with van der Waals surface area (Å²) < 4.78 is 5.26. The van der Waals surface area contributed by atoms with Crippen LogP contribution in [0.2, 0.25) is 10.0 Å². The van der Waals surface area contributed by atoms with E-state index in [1.807, 2.05) is 20.8 Å². The molecule has 8 heteroatoms. The average molecular weight is 402 g/mol. The van der Waals surface area contributed by atoms with Gasteiger partial charge in [0.1, 0.15) is 5.60 Å². The standard InChI is InChI=1S/C18H25Cl2N3O3/c1-18(2,3)26-17(25)22-14-6-8-23(9-7-14)16(24)21-11-12-4-5-13(19)10-15(12)20/h4-5,10,14H,6-9,11H2,1-3H3,(H,21,24)(H,22,25). The first-order chi connectivity index (χ1) is 12.1. The van der Waals surface area contributed by atoms with Crippen molar-refractivity contribution in [3.63, 3.8) is 0 Å². The van der Waals surface area contributed by atoms with Gasteiger partial charge in [-0.15, -0.1) is 0 Å². The van der Waals surface area contributed by atoms with E-state index in [0.717, 1.165) is 5.56 Å². The van der Waals surface area contributed by atoms with Crippen LogP contribution in [0.4, 0.5) is 9.59 Å². The quantitative estimate of drug-likeness (QED) is 0.797. The van der Waals surface area contributed by atoms with Crippen LogP contribution in [0.5, 0.6) is 0 Å². The number of nitrogens with one attached hydrogen (secondary N) is 2. The predicted molar refractivity (Wildman–Crippen MR) is 103 cm³/mol. The second-order valence-corrected chi connectivity index (χ2v) is 8.15. The molecule has 0 aromatic heterocycles. The summed E-state index contributed by atoms with van der Waals surface area (Å²) in [4.78, 5) is 25.8. The first-order valence-corrected chi connectivity index (χ1v) is 9.36. The third-order valence-electron chi connectivity index (χ3n) is 3.95. The minimum atomic E-state index is -0.520. The highest BCUT2D eigenvalue weighted by atomic mass is 35.5. The molecule has 1 aliphatic heterocycles. The number of ether oxygens (including phenoxy) is 1. The van der Waals surface area contributed by atoms with E-state index in [1.54, 1.807) is 23.1 Å². The molecule has 2 N–H and O–H groups in total. The second-order valence-electron chi connectivity index (χ2n) is 7.30. The molecule has 3 amide bonds. The van der Waals surface area contributed by atoms with Gasteiger partial charge in [0.05, 0.1) is 0 Å². The number of carbonyl (C=O) groups is 2. The van der Waals surface area contributed by atoms with Crippen LogP contribution in [-0.4, -0.2) is 41.8 Å². The second kappa shape index (κ2) is 8.82. The molecule has 1 aromatic carbocycles. The zero-order chi connectivity index (χ0) is 19.3.